The van der Waals surface area contributed by atoms with E-state index in [4.69, 9.17) is 0 Å². The molecule has 4 N–H and O–H groups in total. The SMILES string of the molecule is CC(=O)/C(C)=C/C=C/C=C/CC/C=C/C(C)C(O)C(C)C(O)/C=C/C=C/C=C/C=C/C=C/C=C/CC(O)C(C)C(C)NCc1ccccc1. The van der Waals surface area contributed by atoms with Crippen molar-refractivity contribution in [3.05, 3.63) is 157 Å². The second-order valence-electron chi connectivity index (χ2n) is 12.6. The molecule has 5 nitrogen and oxygen atoms in total. The number of carbonyl (C=O) groups excluding carboxylic acids is 1. The van der Waals surface area contributed by atoms with Crippen molar-refractivity contribution >= 4 is 5.78 Å². The zero-order valence-corrected chi connectivity index (χ0v) is 30.5. The van der Waals surface area contributed by atoms with Gasteiger partial charge in [-0.25, -0.2) is 0 Å². The van der Waals surface area contributed by atoms with Crippen LogP contribution in [-0.2, 0) is 11.3 Å². The summed E-state index contributed by atoms with van der Waals surface area (Å²) in [4.78, 5) is 11.2. The number of aliphatic hydroxyl groups is 3. The lowest BCUT2D eigenvalue weighted by atomic mass is 9.88. The molecular formula is C44H61NO4. The van der Waals surface area contributed by atoms with E-state index in [0.29, 0.717) is 6.42 Å². The summed E-state index contributed by atoms with van der Waals surface area (Å²) in [6.07, 6.45) is 37.0. The molecule has 0 saturated carbocycles. The summed E-state index contributed by atoms with van der Waals surface area (Å²) in [6.45, 7) is 12.2. The number of rotatable bonds is 23. The van der Waals surface area contributed by atoms with Gasteiger partial charge in [0, 0.05) is 24.4 Å². The Hall–Kier alpha value is -3.87. The van der Waals surface area contributed by atoms with Gasteiger partial charge in [0.05, 0.1) is 18.3 Å². The van der Waals surface area contributed by atoms with Crippen molar-refractivity contribution in [1.82, 2.24) is 5.32 Å². The highest BCUT2D eigenvalue weighted by Crippen LogP contribution is 2.19. The van der Waals surface area contributed by atoms with E-state index in [0.717, 1.165) is 25.0 Å². The molecule has 1 rings (SSSR count). The van der Waals surface area contributed by atoms with Crippen LogP contribution in [0.2, 0.25) is 0 Å². The smallest absolute Gasteiger partial charge is 0.155 e. The quantitative estimate of drug-likeness (QED) is 0.0405. The fraction of sp³-hybridized carbons (Fsp3) is 0.386. The van der Waals surface area contributed by atoms with E-state index in [1.54, 1.807) is 32.1 Å². The number of aliphatic hydroxyl groups excluding tert-OH is 3. The Balaban J connectivity index is 2.30. The predicted molar refractivity (Wildman–Crippen MR) is 209 cm³/mol. The van der Waals surface area contributed by atoms with Crippen LogP contribution in [0.4, 0.5) is 0 Å². The number of Topliss-reactive ketones (excluding diaryl/α,β-unsaturated/α-hetero) is 1. The molecule has 0 aliphatic rings. The molecule has 0 fully saturated rings. The van der Waals surface area contributed by atoms with Crippen LogP contribution in [0.25, 0.3) is 0 Å². The molecule has 7 unspecified atom stereocenters. The van der Waals surface area contributed by atoms with Crippen LogP contribution in [-0.4, -0.2) is 45.5 Å². The monoisotopic (exact) mass is 667 g/mol. The normalized spacial score (nSPS) is 18.0. The lowest BCUT2D eigenvalue weighted by molar-refractivity contribution is -0.113. The number of nitrogens with one attached hydrogen (secondary N) is 1. The summed E-state index contributed by atoms with van der Waals surface area (Å²) >= 11 is 0. The van der Waals surface area contributed by atoms with E-state index >= 15 is 0 Å². The molecule has 1 aromatic rings. The number of hydrogen-bond acceptors (Lipinski definition) is 5. The highest BCUT2D eigenvalue weighted by atomic mass is 16.3. The maximum absolute atomic E-state index is 11.2. The molecule has 0 aliphatic carbocycles. The van der Waals surface area contributed by atoms with Crippen molar-refractivity contribution in [2.24, 2.45) is 17.8 Å². The van der Waals surface area contributed by atoms with Gasteiger partial charge in [-0.05, 0) is 57.1 Å². The Labute approximate surface area is 296 Å². The molecule has 0 aliphatic heterocycles. The first-order valence-corrected chi connectivity index (χ1v) is 17.5. The third-order valence-corrected chi connectivity index (χ3v) is 8.50. The minimum atomic E-state index is -0.753. The van der Waals surface area contributed by atoms with Crippen LogP contribution < -0.4 is 5.32 Å². The molecular weight excluding hydrogens is 606 g/mol. The summed E-state index contributed by atoms with van der Waals surface area (Å²) < 4.78 is 0. The van der Waals surface area contributed by atoms with Gasteiger partial charge >= 0.3 is 0 Å². The fourth-order valence-electron chi connectivity index (χ4n) is 4.63. The predicted octanol–water partition coefficient (Wildman–Crippen LogP) is 8.87. The lowest BCUT2D eigenvalue weighted by Gasteiger charge is -2.25. The minimum absolute atomic E-state index is 0.0737. The molecule has 5 heteroatoms. The highest BCUT2D eigenvalue weighted by Gasteiger charge is 2.24. The third kappa shape index (κ3) is 21.0. The number of benzene rings is 1. The van der Waals surface area contributed by atoms with E-state index in [2.05, 4.69) is 43.4 Å². The second kappa shape index (κ2) is 27.0. The third-order valence-electron chi connectivity index (χ3n) is 8.50. The number of allylic oxidation sites excluding steroid dienone is 17. The maximum Gasteiger partial charge on any atom is 0.155 e. The maximum atomic E-state index is 11.2. The summed E-state index contributed by atoms with van der Waals surface area (Å²) in [6, 6.07) is 10.5. The van der Waals surface area contributed by atoms with Gasteiger partial charge in [-0.2, -0.15) is 0 Å². The van der Waals surface area contributed by atoms with Gasteiger partial charge in [0.15, 0.2) is 5.78 Å². The first kappa shape index (κ1) is 43.2. The second-order valence-corrected chi connectivity index (χ2v) is 12.6. The number of ketones is 1. The van der Waals surface area contributed by atoms with Gasteiger partial charge < -0.3 is 20.6 Å². The topological polar surface area (TPSA) is 89.8 Å². The number of carbonyl (C=O) groups is 1. The van der Waals surface area contributed by atoms with Gasteiger partial charge in [-0.1, -0.05) is 167 Å². The Morgan fingerprint density at radius 2 is 1.22 bits per heavy atom. The Morgan fingerprint density at radius 1 is 0.673 bits per heavy atom. The largest absolute Gasteiger partial charge is 0.392 e. The van der Waals surface area contributed by atoms with E-state index < -0.39 is 18.3 Å². The summed E-state index contributed by atoms with van der Waals surface area (Å²) in [5, 5.41) is 35.3. The summed E-state index contributed by atoms with van der Waals surface area (Å²) in [5.41, 5.74) is 1.97. The van der Waals surface area contributed by atoms with Crippen molar-refractivity contribution in [2.45, 2.75) is 91.7 Å². The average molecular weight is 668 g/mol. The van der Waals surface area contributed by atoms with Crippen LogP contribution in [0.5, 0.6) is 0 Å². The van der Waals surface area contributed by atoms with Gasteiger partial charge in [-0.3, -0.25) is 4.79 Å². The first-order chi connectivity index (χ1) is 23.5. The van der Waals surface area contributed by atoms with Gasteiger partial charge in [-0.15, -0.1) is 0 Å². The van der Waals surface area contributed by atoms with Crippen LogP contribution in [0, 0.1) is 17.8 Å². The van der Waals surface area contributed by atoms with Crippen molar-refractivity contribution in [3.63, 3.8) is 0 Å². The van der Waals surface area contributed by atoms with Crippen LogP contribution >= 0.6 is 0 Å². The van der Waals surface area contributed by atoms with E-state index in [-0.39, 0.29) is 29.6 Å². The van der Waals surface area contributed by atoms with Crippen LogP contribution in [0.1, 0.15) is 66.4 Å². The Morgan fingerprint density at radius 3 is 1.86 bits per heavy atom. The number of hydrogen-bond donors (Lipinski definition) is 4. The van der Waals surface area contributed by atoms with E-state index in [9.17, 15) is 20.1 Å². The van der Waals surface area contributed by atoms with E-state index in [1.165, 1.54) is 5.56 Å². The molecule has 0 heterocycles. The van der Waals surface area contributed by atoms with Crippen molar-refractivity contribution < 1.29 is 20.1 Å². The highest BCUT2D eigenvalue weighted by molar-refractivity contribution is 5.92. The standard InChI is InChI=1S/C44H61NO4/c1-35(40(6)46)28-22-17-13-12-14-18-23-29-36(2)44(49)38(4)43(48)33-27-20-16-11-9-7-8-10-15-19-26-32-42(47)37(3)39(5)45-34-41-30-24-21-25-31-41/h7-13,15-17,19-31,33,36-39,42-45,47-49H,14,18,32,34H2,1-6H3/b8-7+,11-9+,13-12+,15-10+,20-16+,22-17+,26-19+,29-23+,33-27+,35-28+. The van der Waals surface area contributed by atoms with Crippen molar-refractivity contribution in [2.75, 3.05) is 0 Å². The molecule has 7 atom stereocenters. The zero-order chi connectivity index (χ0) is 36.3. The molecule has 0 bridgehead atoms. The van der Waals surface area contributed by atoms with Gasteiger partial charge in [0.1, 0.15) is 0 Å². The first-order valence-electron chi connectivity index (χ1n) is 17.5. The van der Waals surface area contributed by atoms with Crippen molar-refractivity contribution in [3.8, 4) is 0 Å². The Kier molecular flexibility index (Phi) is 23.8. The van der Waals surface area contributed by atoms with Gasteiger partial charge in [0.2, 0.25) is 0 Å². The van der Waals surface area contributed by atoms with E-state index in [1.807, 2.05) is 117 Å². The summed E-state index contributed by atoms with van der Waals surface area (Å²) in [5.74, 6) is -0.178. The molecule has 266 valence electrons. The fourth-order valence-corrected chi connectivity index (χ4v) is 4.63. The minimum Gasteiger partial charge on any atom is -0.392 e. The average Bonchev–Trinajstić information content (AvgIpc) is 3.10. The summed E-state index contributed by atoms with van der Waals surface area (Å²) in [7, 11) is 0. The molecule has 0 radical (unpaired) electrons. The molecule has 0 amide bonds. The number of unbranched alkanes of at least 4 members (excludes halogenated alkanes) is 1. The van der Waals surface area contributed by atoms with Gasteiger partial charge in [0.25, 0.3) is 0 Å². The van der Waals surface area contributed by atoms with Crippen LogP contribution in [0.15, 0.2) is 151 Å². The molecule has 0 aromatic heterocycles. The Bertz CT molecular complexity index is 1340. The zero-order valence-electron chi connectivity index (χ0n) is 30.5. The van der Waals surface area contributed by atoms with Crippen molar-refractivity contribution in [1.29, 1.82) is 0 Å². The van der Waals surface area contributed by atoms with Crippen LogP contribution in [0.3, 0.4) is 0 Å². The molecule has 0 spiro atoms. The lowest BCUT2D eigenvalue weighted by Crippen LogP contribution is -2.37. The molecule has 49 heavy (non-hydrogen) atoms. The molecule has 0 saturated heterocycles. The molecule has 1 aromatic carbocycles.